The van der Waals surface area contributed by atoms with Crippen molar-refractivity contribution in [1.29, 1.82) is 0 Å². The molecule has 58 valence electrons. The molecule has 0 aliphatic carbocycles. The van der Waals surface area contributed by atoms with Crippen molar-refractivity contribution in [3.05, 3.63) is 35.9 Å². The molecule has 0 radical (unpaired) electrons. The summed E-state index contributed by atoms with van der Waals surface area (Å²) in [7, 11) is 0. The Balaban J connectivity index is 2.28. The summed E-state index contributed by atoms with van der Waals surface area (Å²) in [4.78, 5) is 0. The summed E-state index contributed by atoms with van der Waals surface area (Å²) in [5.41, 5.74) is 1.29. The fraction of sp³-hybridized carbons (Fsp3) is 0.455. The molecule has 0 aromatic heterocycles. The molecule has 0 bridgehead atoms. The van der Waals surface area contributed by atoms with E-state index in [2.05, 4.69) is 25.1 Å². The molecule has 0 heteroatoms. The van der Waals surface area contributed by atoms with Gasteiger partial charge in [0.1, 0.15) is 0 Å². The Morgan fingerprint density at radius 2 is 2.27 bits per heavy atom. The largest absolute Gasteiger partial charge is 0.0700 e. The molecule has 0 fully saturated rings. The SMILES string of the molecule is CCCCCc1c#cccc1. The van der Waals surface area contributed by atoms with Gasteiger partial charge in [0.25, 0.3) is 0 Å². The van der Waals surface area contributed by atoms with Crippen LogP contribution in [0.5, 0.6) is 0 Å². The van der Waals surface area contributed by atoms with Gasteiger partial charge in [-0.2, -0.15) is 0 Å². The monoisotopic (exact) mass is 146 g/mol. The Morgan fingerprint density at radius 1 is 1.36 bits per heavy atom. The fourth-order valence-electron chi connectivity index (χ4n) is 1.10. The van der Waals surface area contributed by atoms with Crippen molar-refractivity contribution in [1.82, 2.24) is 0 Å². The highest BCUT2D eigenvalue weighted by Gasteiger charge is 1.88. The lowest BCUT2D eigenvalue weighted by molar-refractivity contribution is 0.717. The van der Waals surface area contributed by atoms with Crippen LogP contribution in [-0.2, 0) is 6.42 Å². The minimum atomic E-state index is 1.16. The summed E-state index contributed by atoms with van der Waals surface area (Å²) in [6.07, 6.45) is 5.05. The summed E-state index contributed by atoms with van der Waals surface area (Å²) in [5, 5.41) is 0. The molecule has 1 rings (SSSR count). The number of hydrogen-bond donors (Lipinski definition) is 0. The van der Waals surface area contributed by atoms with Crippen LogP contribution in [0.15, 0.2) is 18.2 Å². The van der Waals surface area contributed by atoms with Gasteiger partial charge in [-0.25, -0.2) is 0 Å². The zero-order valence-corrected chi connectivity index (χ0v) is 7.06. The van der Waals surface area contributed by atoms with Crippen LogP contribution in [0.4, 0.5) is 0 Å². The van der Waals surface area contributed by atoms with Gasteiger partial charge in [0.15, 0.2) is 0 Å². The van der Waals surface area contributed by atoms with E-state index in [0.29, 0.717) is 0 Å². The second-order valence-electron chi connectivity index (χ2n) is 2.78. The smallest absolute Gasteiger partial charge is 0.00240 e. The maximum Gasteiger partial charge on any atom is 0.00240 e. The van der Waals surface area contributed by atoms with Crippen LogP contribution in [0.25, 0.3) is 0 Å². The quantitative estimate of drug-likeness (QED) is 0.573. The lowest BCUT2D eigenvalue weighted by atomic mass is 10.1. The molecule has 1 aromatic rings. The number of unbranched alkanes of at least 4 members (excludes halogenated alkanes) is 2. The topological polar surface area (TPSA) is 0 Å². The van der Waals surface area contributed by atoms with Gasteiger partial charge in [-0.05, 0) is 18.9 Å². The third-order valence-corrected chi connectivity index (χ3v) is 1.76. The zero-order chi connectivity index (χ0) is 7.94. The molecule has 0 spiro atoms. The van der Waals surface area contributed by atoms with Gasteiger partial charge in [0.05, 0.1) is 0 Å². The van der Waals surface area contributed by atoms with Crippen LogP contribution in [0.1, 0.15) is 31.7 Å². The Morgan fingerprint density at radius 3 is 2.91 bits per heavy atom. The second kappa shape index (κ2) is 4.79. The third kappa shape index (κ3) is 3.09. The molecule has 0 N–H and O–H groups in total. The zero-order valence-electron chi connectivity index (χ0n) is 7.06. The van der Waals surface area contributed by atoms with Crippen LogP contribution in [0.2, 0.25) is 0 Å². The average molecular weight is 146 g/mol. The van der Waals surface area contributed by atoms with Crippen molar-refractivity contribution in [2.45, 2.75) is 32.6 Å². The Kier molecular flexibility index (Phi) is 3.55. The van der Waals surface area contributed by atoms with Crippen molar-refractivity contribution < 1.29 is 0 Å². The van der Waals surface area contributed by atoms with E-state index in [1.807, 2.05) is 12.1 Å². The first-order chi connectivity index (χ1) is 5.43. The molecular weight excluding hydrogens is 132 g/mol. The van der Waals surface area contributed by atoms with Crippen LogP contribution >= 0.6 is 0 Å². The molecule has 0 saturated heterocycles. The molecule has 0 amide bonds. The predicted molar refractivity (Wildman–Crippen MR) is 47.3 cm³/mol. The highest BCUT2D eigenvalue weighted by Crippen LogP contribution is 2.02. The van der Waals surface area contributed by atoms with E-state index in [0.717, 1.165) is 6.42 Å². The van der Waals surface area contributed by atoms with Crippen molar-refractivity contribution in [2.75, 3.05) is 0 Å². The molecule has 0 aliphatic rings. The van der Waals surface area contributed by atoms with Crippen LogP contribution in [0.3, 0.4) is 0 Å². The molecule has 11 heavy (non-hydrogen) atoms. The average Bonchev–Trinajstić information content (AvgIpc) is 2.07. The van der Waals surface area contributed by atoms with E-state index in [4.69, 9.17) is 0 Å². The van der Waals surface area contributed by atoms with E-state index >= 15 is 0 Å². The molecule has 0 atom stereocenters. The van der Waals surface area contributed by atoms with Crippen molar-refractivity contribution in [2.24, 2.45) is 0 Å². The highest BCUT2D eigenvalue weighted by molar-refractivity contribution is 5.07. The first kappa shape index (κ1) is 8.14. The van der Waals surface area contributed by atoms with Gasteiger partial charge in [0, 0.05) is 5.56 Å². The maximum atomic E-state index is 3.10. The molecule has 0 saturated carbocycles. The molecule has 0 nitrogen and oxygen atoms in total. The molecule has 1 aromatic carbocycles. The summed E-state index contributed by atoms with van der Waals surface area (Å²) in [6, 6.07) is 12.1. The number of rotatable bonds is 4. The lowest BCUT2D eigenvalue weighted by Gasteiger charge is -1.95. The fourth-order valence-corrected chi connectivity index (χ4v) is 1.10. The van der Waals surface area contributed by atoms with Crippen LogP contribution < -0.4 is 0 Å². The summed E-state index contributed by atoms with van der Waals surface area (Å²) in [6.45, 7) is 2.22. The summed E-state index contributed by atoms with van der Waals surface area (Å²) >= 11 is 0. The van der Waals surface area contributed by atoms with E-state index in [1.165, 1.54) is 24.8 Å². The van der Waals surface area contributed by atoms with E-state index in [-0.39, 0.29) is 0 Å². The first-order valence-corrected chi connectivity index (χ1v) is 4.30. The van der Waals surface area contributed by atoms with Crippen LogP contribution in [-0.4, -0.2) is 0 Å². The lowest BCUT2D eigenvalue weighted by Crippen LogP contribution is -1.82. The molecule has 0 aliphatic heterocycles. The Hall–Kier alpha value is -0.960. The van der Waals surface area contributed by atoms with Gasteiger partial charge in [-0.3, -0.25) is 0 Å². The Bertz CT molecular complexity index is 176. The van der Waals surface area contributed by atoms with Gasteiger partial charge in [-0.1, -0.05) is 44.0 Å². The third-order valence-electron chi connectivity index (χ3n) is 1.76. The molecule has 0 heterocycles. The van der Waals surface area contributed by atoms with E-state index < -0.39 is 0 Å². The minimum Gasteiger partial charge on any atom is -0.0700 e. The Labute approximate surface area is 69.3 Å². The minimum absolute atomic E-state index is 1.16. The summed E-state index contributed by atoms with van der Waals surface area (Å²) < 4.78 is 0. The summed E-state index contributed by atoms with van der Waals surface area (Å²) in [5.74, 6) is 0. The standard InChI is InChI=1S/C11H14/c1-2-3-5-8-11-9-6-4-7-10-11/h4,6,9H,2-3,5,8H2,1H3. The maximum absolute atomic E-state index is 3.10. The van der Waals surface area contributed by atoms with Crippen molar-refractivity contribution in [3.63, 3.8) is 0 Å². The number of hydrogen-bond acceptors (Lipinski definition) is 0. The predicted octanol–water partition coefficient (Wildman–Crippen LogP) is 3.02. The van der Waals surface area contributed by atoms with Crippen molar-refractivity contribution >= 4 is 0 Å². The molecule has 0 unspecified atom stereocenters. The normalized spacial score (nSPS) is 9.18. The van der Waals surface area contributed by atoms with Gasteiger partial charge < -0.3 is 0 Å². The van der Waals surface area contributed by atoms with Crippen LogP contribution in [0, 0.1) is 12.1 Å². The second-order valence-corrected chi connectivity index (χ2v) is 2.78. The van der Waals surface area contributed by atoms with E-state index in [1.54, 1.807) is 0 Å². The van der Waals surface area contributed by atoms with Crippen molar-refractivity contribution in [3.8, 4) is 0 Å². The first-order valence-electron chi connectivity index (χ1n) is 4.30. The highest BCUT2D eigenvalue weighted by atomic mass is 13.9. The number of aryl methyl sites for hydroxylation is 1. The van der Waals surface area contributed by atoms with E-state index in [9.17, 15) is 0 Å². The van der Waals surface area contributed by atoms with Gasteiger partial charge in [-0.15, -0.1) is 0 Å². The van der Waals surface area contributed by atoms with Gasteiger partial charge >= 0.3 is 0 Å². The molecular formula is C11H14. The van der Waals surface area contributed by atoms with Gasteiger partial charge in [0.2, 0.25) is 0 Å².